The predicted molar refractivity (Wildman–Crippen MR) is 91.1 cm³/mol. The molecule has 4 rings (SSSR count). The minimum atomic E-state index is -0.158. The molecule has 5 heteroatoms. The average Bonchev–Trinajstić information content (AvgIpc) is 3.34. The number of pyridine rings is 1. The largest absolute Gasteiger partial charge is 0.349 e. The SMILES string of the molecule is CC1Cc2ccccc2N1C(=O)c1cncc(C(=O)NC2CC2)c1. The zero-order valence-corrected chi connectivity index (χ0v) is 13.5. The molecule has 0 radical (unpaired) electrons. The summed E-state index contributed by atoms with van der Waals surface area (Å²) in [5.41, 5.74) is 3.01. The van der Waals surface area contributed by atoms with E-state index in [9.17, 15) is 9.59 Å². The molecule has 1 N–H and O–H groups in total. The lowest BCUT2D eigenvalue weighted by atomic mass is 10.1. The van der Waals surface area contributed by atoms with Crippen molar-refractivity contribution in [3.05, 3.63) is 59.4 Å². The number of nitrogens with zero attached hydrogens (tertiary/aromatic N) is 2. The molecule has 0 bridgehead atoms. The summed E-state index contributed by atoms with van der Waals surface area (Å²) in [6.07, 6.45) is 5.94. The van der Waals surface area contributed by atoms with Crippen LogP contribution in [0.3, 0.4) is 0 Å². The monoisotopic (exact) mass is 321 g/mol. The zero-order valence-electron chi connectivity index (χ0n) is 13.5. The number of nitrogens with one attached hydrogen (secondary N) is 1. The summed E-state index contributed by atoms with van der Waals surface area (Å²) in [5.74, 6) is -0.268. The van der Waals surface area contributed by atoms with E-state index in [4.69, 9.17) is 0 Å². The highest BCUT2D eigenvalue weighted by molar-refractivity contribution is 6.08. The number of hydrogen-bond donors (Lipinski definition) is 1. The average molecular weight is 321 g/mol. The predicted octanol–water partition coefficient (Wildman–Crippen LogP) is 2.57. The molecule has 1 fully saturated rings. The summed E-state index contributed by atoms with van der Waals surface area (Å²) in [4.78, 5) is 31.1. The molecule has 0 spiro atoms. The molecule has 1 saturated carbocycles. The summed E-state index contributed by atoms with van der Waals surface area (Å²) in [5, 5.41) is 2.93. The summed E-state index contributed by atoms with van der Waals surface area (Å²) >= 11 is 0. The van der Waals surface area contributed by atoms with E-state index >= 15 is 0 Å². The molecule has 1 aromatic heterocycles. The van der Waals surface area contributed by atoms with Crippen molar-refractivity contribution in [1.82, 2.24) is 10.3 Å². The summed E-state index contributed by atoms with van der Waals surface area (Å²) in [6, 6.07) is 9.96. The number of carbonyl (C=O) groups excluding carboxylic acids is 2. The van der Waals surface area contributed by atoms with E-state index in [0.29, 0.717) is 11.1 Å². The van der Waals surface area contributed by atoms with Crippen molar-refractivity contribution in [2.75, 3.05) is 4.90 Å². The number of fused-ring (bicyclic) bond motifs is 1. The first kappa shape index (κ1) is 14.9. The van der Waals surface area contributed by atoms with Crippen LogP contribution in [0.5, 0.6) is 0 Å². The van der Waals surface area contributed by atoms with Crippen molar-refractivity contribution in [1.29, 1.82) is 0 Å². The lowest BCUT2D eigenvalue weighted by Gasteiger charge is -2.22. The standard InChI is InChI=1S/C19H19N3O2/c1-12-8-13-4-2-3-5-17(13)22(12)19(24)15-9-14(10-20-11-15)18(23)21-16-6-7-16/h2-5,9-12,16H,6-8H2,1H3,(H,21,23). The molecule has 1 aromatic carbocycles. The van der Waals surface area contributed by atoms with Crippen LogP contribution in [0.1, 0.15) is 46.0 Å². The normalized spacial score (nSPS) is 19.0. The molecule has 2 amide bonds. The van der Waals surface area contributed by atoms with Gasteiger partial charge in [-0.05, 0) is 43.9 Å². The number of anilines is 1. The molecule has 2 heterocycles. The Hall–Kier alpha value is -2.69. The molecule has 24 heavy (non-hydrogen) atoms. The van der Waals surface area contributed by atoms with E-state index in [1.807, 2.05) is 25.1 Å². The van der Waals surface area contributed by atoms with E-state index in [1.165, 1.54) is 18.0 Å². The minimum absolute atomic E-state index is 0.0962. The maximum Gasteiger partial charge on any atom is 0.260 e. The Morgan fingerprint density at radius 2 is 1.92 bits per heavy atom. The van der Waals surface area contributed by atoms with Gasteiger partial charge in [0.05, 0.1) is 11.1 Å². The Balaban J connectivity index is 1.61. The number of carbonyl (C=O) groups is 2. The third-order valence-corrected chi connectivity index (χ3v) is 4.59. The van der Waals surface area contributed by atoms with Gasteiger partial charge in [-0.3, -0.25) is 14.6 Å². The quantitative estimate of drug-likeness (QED) is 0.945. The highest BCUT2D eigenvalue weighted by Gasteiger charge is 2.31. The molecule has 2 aromatic rings. The van der Waals surface area contributed by atoms with Crippen LogP contribution in [0, 0.1) is 0 Å². The van der Waals surface area contributed by atoms with Crippen LogP contribution in [-0.2, 0) is 6.42 Å². The lowest BCUT2D eigenvalue weighted by Crippen LogP contribution is -2.36. The Kier molecular flexibility index (Phi) is 3.56. The fraction of sp³-hybridized carbons (Fsp3) is 0.316. The van der Waals surface area contributed by atoms with Gasteiger partial charge in [-0.15, -0.1) is 0 Å². The van der Waals surface area contributed by atoms with Gasteiger partial charge in [-0.2, -0.15) is 0 Å². The smallest absolute Gasteiger partial charge is 0.260 e. The first-order chi connectivity index (χ1) is 11.6. The van der Waals surface area contributed by atoms with Crippen LogP contribution >= 0.6 is 0 Å². The lowest BCUT2D eigenvalue weighted by molar-refractivity contribution is 0.0950. The van der Waals surface area contributed by atoms with Crippen LogP contribution in [-0.4, -0.2) is 28.9 Å². The fourth-order valence-electron chi connectivity index (χ4n) is 3.19. The second-order valence-electron chi connectivity index (χ2n) is 6.57. The Labute approximate surface area is 140 Å². The maximum atomic E-state index is 13.0. The molecule has 122 valence electrons. The van der Waals surface area contributed by atoms with E-state index < -0.39 is 0 Å². The van der Waals surface area contributed by atoms with Crippen LogP contribution in [0.15, 0.2) is 42.7 Å². The number of benzene rings is 1. The Bertz CT molecular complexity index is 814. The number of hydrogen-bond acceptors (Lipinski definition) is 3. The third-order valence-electron chi connectivity index (χ3n) is 4.59. The van der Waals surface area contributed by atoms with Crippen LogP contribution in [0.25, 0.3) is 0 Å². The first-order valence-corrected chi connectivity index (χ1v) is 8.31. The van der Waals surface area contributed by atoms with E-state index in [-0.39, 0.29) is 23.9 Å². The molecule has 1 aliphatic carbocycles. The maximum absolute atomic E-state index is 13.0. The molecule has 1 atom stereocenters. The van der Waals surface area contributed by atoms with E-state index in [1.54, 1.807) is 11.0 Å². The Morgan fingerprint density at radius 1 is 1.17 bits per heavy atom. The topological polar surface area (TPSA) is 62.3 Å². The second kappa shape index (κ2) is 5.74. The summed E-state index contributed by atoms with van der Waals surface area (Å²) in [6.45, 7) is 2.04. The highest BCUT2D eigenvalue weighted by Crippen LogP contribution is 2.33. The van der Waals surface area contributed by atoms with Gasteiger partial charge in [0.1, 0.15) is 0 Å². The van der Waals surface area contributed by atoms with Crippen LogP contribution < -0.4 is 10.2 Å². The van der Waals surface area contributed by atoms with Gasteiger partial charge < -0.3 is 10.2 Å². The summed E-state index contributed by atoms with van der Waals surface area (Å²) < 4.78 is 0. The van der Waals surface area contributed by atoms with Crippen molar-refractivity contribution in [2.45, 2.75) is 38.3 Å². The number of para-hydroxylation sites is 1. The van der Waals surface area contributed by atoms with Gasteiger partial charge in [0.15, 0.2) is 0 Å². The molecule has 1 aliphatic heterocycles. The number of aromatic nitrogens is 1. The zero-order chi connectivity index (χ0) is 16.7. The first-order valence-electron chi connectivity index (χ1n) is 8.31. The molecular formula is C19H19N3O2. The fourth-order valence-corrected chi connectivity index (χ4v) is 3.19. The van der Waals surface area contributed by atoms with E-state index in [2.05, 4.69) is 16.4 Å². The molecular weight excluding hydrogens is 302 g/mol. The summed E-state index contributed by atoms with van der Waals surface area (Å²) in [7, 11) is 0. The van der Waals surface area contributed by atoms with Gasteiger partial charge in [-0.1, -0.05) is 18.2 Å². The van der Waals surface area contributed by atoms with Gasteiger partial charge in [0.25, 0.3) is 11.8 Å². The van der Waals surface area contributed by atoms with Crippen molar-refractivity contribution >= 4 is 17.5 Å². The van der Waals surface area contributed by atoms with Gasteiger partial charge in [-0.25, -0.2) is 0 Å². The van der Waals surface area contributed by atoms with Crippen molar-refractivity contribution < 1.29 is 9.59 Å². The molecule has 2 aliphatic rings. The van der Waals surface area contributed by atoms with Crippen molar-refractivity contribution in [3.63, 3.8) is 0 Å². The molecule has 0 saturated heterocycles. The van der Waals surface area contributed by atoms with Crippen molar-refractivity contribution in [2.24, 2.45) is 0 Å². The highest BCUT2D eigenvalue weighted by atomic mass is 16.2. The second-order valence-corrected chi connectivity index (χ2v) is 6.57. The number of amides is 2. The van der Waals surface area contributed by atoms with Gasteiger partial charge in [0, 0.05) is 30.2 Å². The van der Waals surface area contributed by atoms with Crippen LogP contribution in [0.4, 0.5) is 5.69 Å². The van der Waals surface area contributed by atoms with Crippen molar-refractivity contribution in [3.8, 4) is 0 Å². The minimum Gasteiger partial charge on any atom is -0.349 e. The third kappa shape index (κ3) is 2.66. The van der Waals surface area contributed by atoms with Crippen LogP contribution in [0.2, 0.25) is 0 Å². The number of rotatable bonds is 3. The molecule has 1 unspecified atom stereocenters. The van der Waals surface area contributed by atoms with E-state index in [0.717, 1.165) is 24.9 Å². The Morgan fingerprint density at radius 3 is 2.71 bits per heavy atom. The van der Waals surface area contributed by atoms with Gasteiger partial charge >= 0.3 is 0 Å². The molecule has 5 nitrogen and oxygen atoms in total. The van der Waals surface area contributed by atoms with Gasteiger partial charge in [0.2, 0.25) is 0 Å².